The largest absolute Gasteiger partial charge is 0.382 e. The Balaban J connectivity index is 1.31. The van der Waals surface area contributed by atoms with E-state index < -0.39 is 35.3 Å². The molecule has 2 fully saturated rings. The first-order valence-corrected chi connectivity index (χ1v) is 14.2. The van der Waals surface area contributed by atoms with Gasteiger partial charge in [-0.1, -0.05) is 91.0 Å². The monoisotopic (exact) mass is 562 g/mol. The van der Waals surface area contributed by atoms with E-state index in [1.54, 1.807) is 0 Å². The molecule has 0 radical (unpaired) electrons. The topological polar surface area (TPSA) is 105 Å². The third-order valence-corrected chi connectivity index (χ3v) is 8.42. The maximum Gasteiger partial charge on any atom is 0.164 e. The van der Waals surface area contributed by atoms with E-state index in [0.717, 1.165) is 22.3 Å². The van der Waals surface area contributed by atoms with Crippen molar-refractivity contribution >= 4 is 16.9 Å². The molecule has 8 nitrogen and oxygen atoms in total. The van der Waals surface area contributed by atoms with Crippen LogP contribution in [-0.4, -0.2) is 45.2 Å². The van der Waals surface area contributed by atoms with E-state index in [1.807, 2.05) is 81.6 Å². The molecule has 0 unspecified atom stereocenters. The zero-order chi connectivity index (χ0) is 29.0. The van der Waals surface area contributed by atoms with E-state index in [1.165, 1.54) is 6.33 Å². The number of H-pyrrole nitrogens is 1. The fourth-order valence-corrected chi connectivity index (χ4v) is 6.73. The molecule has 2 saturated heterocycles. The van der Waals surface area contributed by atoms with Crippen LogP contribution in [0.15, 0.2) is 104 Å². The molecule has 2 aliphatic rings. The molecule has 0 bridgehead atoms. The van der Waals surface area contributed by atoms with E-state index in [-0.39, 0.29) is 6.61 Å². The summed E-state index contributed by atoms with van der Waals surface area (Å²) in [4.78, 5) is 11.9. The van der Waals surface area contributed by atoms with Crippen LogP contribution in [-0.2, 0) is 24.5 Å². The molecule has 7 rings (SSSR count). The van der Waals surface area contributed by atoms with E-state index in [9.17, 15) is 0 Å². The number of anilines is 1. The highest BCUT2D eigenvalue weighted by Gasteiger charge is 2.64. The number of rotatable bonds is 7. The molecule has 8 heteroatoms. The van der Waals surface area contributed by atoms with Crippen LogP contribution in [0.3, 0.4) is 0 Å². The summed E-state index contributed by atoms with van der Waals surface area (Å²) in [6.45, 7) is 6.15. The van der Waals surface area contributed by atoms with Gasteiger partial charge in [0.25, 0.3) is 0 Å². The Bertz CT molecular complexity index is 1600. The molecule has 0 amide bonds. The highest BCUT2D eigenvalue weighted by atomic mass is 16.8. The smallest absolute Gasteiger partial charge is 0.164 e. The fraction of sp³-hybridized carbons (Fsp3) is 0.294. The lowest BCUT2D eigenvalue weighted by molar-refractivity contribution is -0.210. The van der Waals surface area contributed by atoms with E-state index >= 15 is 0 Å². The second kappa shape index (κ2) is 10.0. The molecule has 5 aromatic rings. The molecule has 0 aliphatic carbocycles. The zero-order valence-corrected chi connectivity index (χ0v) is 23.9. The predicted octanol–water partition coefficient (Wildman–Crippen LogP) is 5.90. The lowest BCUT2D eigenvalue weighted by Gasteiger charge is -2.37. The van der Waals surface area contributed by atoms with Gasteiger partial charge < -0.3 is 29.7 Å². The van der Waals surface area contributed by atoms with Crippen molar-refractivity contribution in [3.05, 3.63) is 126 Å². The molecule has 42 heavy (non-hydrogen) atoms. The number of aromatic amines is 1. The number of nitrogens with two attached hydrogens (primary N) is 1. The maximum atomic E-state index is 7.15. The predicted molar refractivity (Wildman–Crippen MR) is 160 cm³/mol. The summed E-state index contributed by atoms with van der Waals surface area (Å²) in [6, 6.07) is 30.9. The first-order valence-electron chi connectivity index (χ1n) is 14.2. The van der Waals surface area contributed by atoms with Crippen LogP contribution >= 0.6 is 0 Å². The first kappa shape index (κ1) is 26.8. The second-order valence-corrected chi connectivity index (χ2v) is 11.6. The van der Waals surface area contributed by atoms with Crippen molar-refractivity contribution in [1.29, 1.82) is 0 Å². The highest BCUT2D eigenvalue weighted by molar-refractivity contribution is 5.87. The van der Waals surface area contributed by atoms with Gasteiger partial charge >= 0.3 is 0 Å². The number of nitrogens with zero attached hydrogens (tertiary/aromatic N) is 2. The van der Waals surface area contributed by atoms with Crippen LogP contribution < -0.4 is 5.73 Å². The van der Waals surface area contributed by atoms with Gasteiger partial charge in [-0.15, -0.1) is 0 Å². The Kier molecular flexibility index (Phi) is 6.40. The Labute approximate surface area is 244 Å². The van der Waals surface area contributed by atoms with Gasteiger partial charge in [0.15, 0.2) is 11.6 Å². The summed E-state index contributed by atoms with van der Waals surface area (Å²) >= 11 is 0. The molecule has 0 spiro atoms. The summed E-state index contributed by atoms with van der Waals surface area (Å²) in [5, 5.41) is 0. The fourth-order valence-electron chi connectivity index (χ4n) is 6.73. The van der Waals surface area contributed by atoms with Gasteiger partial charge in [-0.2, -0.15) is 0 Å². The number of nitrogens with one attached hydrogen (secondary N) is 1. The van der Waals surface area contributed by atoms with Gasteiger partial charge in [-0.05, 0) is 37.5 Å². The molecule has 4 heterocycles. The molecule has 2 aromatic heterocycles. The number of hydrogen-bond acceptors (Lipinski definition) is 7. The molecule has 3 N–H and O–H groups in total. The third-order valence-electron chi connectivity index (χ3n) is 8.42. The number of hydrogen-bond donors (Lipinski definition) is 2. The molecular formula is C34H34N4O4. The summed E-state index contributed by atoms with van der Waals surface area (Å²) in [5.41, 5.74) is 9.73. The second-order valence-electron chi connectivity index (χ2n) is 11.6. The van der Waals surface area contributed by atoms with Gasteiger partial charge in [0.2, 0.25) is 0 Å². The molecule has 214 valence electrons. The maximum absolute atomic E-state index is 7.15. The molecule has 4 atom stereocenters. The van der Waals surface area contributed by atoms with Crippen molar-refractivity contribution in [2.24, 2.45) is 0 Å². The number of aromatic nitrogens is 3. The van der Waals surface area contributed by atoms with Crippen LogP contribution in [0, 0.1) is 0 Å². The van der Waals surface area contributed by atoms with Crippen LogP contribution in [0.5, 0.6) is 0 Å². The third kappa shape index (κ3) is 4.22. The van der Waals surface area contributed by atoms with E-state index in [0.29, 0.717) is 16.9 Å². The van der Waals surface area contributed by atoms with Crippen molar-refractivity contribution in [2.45, 2.75) is 56.1 Å². The van der Waals surface area contributed by atoms with Crippen molar-refractivity contribution in [3.8, 4) is 0 Å². The van der Waals surface area contributed by atoms with Crippen LogP contribution in [0.2, 0.25) is 0 Å². The van der Waals surface area contributed by atoms with Crippen molar-refractivity contribution in [2.75, 3.05) is 12.3 Å². The number of benzene rings is 3. The van der Waals surface area contributed by atoms with E-state index in [4.69, 9.17) is 24.7 Å². The molecular weight excluding hydrogens is 528 g/mol. The van der Waals surface area contributed by atoms with Gasteiger partial charge in [-0.3, -0.25) is 0 Å². The normalized spacial score (nSPS) is 25.1. The number of ether oxygens (including phenoxy) is 4. The Morgan fingerprint density at radius 2 is 1.43 bits per heavy atom. The summed E-state index contributed by atoms with van der Waals surface area (Å²) in [7, 11) is 0. The number of fused-ring (bicyclic) bond motifs is 2. The van der Waals surface area contributed by atoms with Crippen molar-refractivity contribution in [3.63, 3.8) is 0 Å². The molecule has 2 aliphatic heterocycles. The first-order chi connectivity index (χ1) is 20.3. The summed E-state index contributed by atoms with van der Waals surface area (Å²) < 4.78 is 27.1. The molecule has 3 aromatic carbocycles. The molecule has 0 saturated carbocycles. The summed E-state index contributed by atoms with van der Waals surface area (Å²) in [5.74, 6) is -0.428. The lowest BCUT2D eigenvalue weighted by Crippen LogP contribution is -2.42. The standard InChI is InChI=1S/C34H34N4O4/c1-32(2)41-30-26(40-29(33(30,3)42-32)25-19-36-28-27(25)37-21-38-31(28)35)20-39-34(22-13-7-4-8-14-22,23-15-9-5-10-16-23)24-17-11-6-12-18-24/h4-19,21,26,29-30,36H,20H2,1-3H3,(H2,35,37,38)/t26-,29+,30-,33+/m1/s1. The van der Waals surface area contributed by atoms with Gasteiger partial charge in [-0.25, -0.2) is 9.97 Å². The minimum atomic E-state index is -0.890. The highest BCUT2D eigenvalue weighted by Crippen LogP contribution is 2.54. The van der Waals surface area contributed by atoms with Crippen molar-refractivity contribution in [1.82, 2.24) is 15.0 Å². The minimum Gasteiger partial charge on any atom is -0.382 e. The SMILES string of the molecule is CC1(C)O[C@@H]2[C@@H](COC(c3ccccc3)(c3ccccc3)c3ccccc3)O[C@@H](c3c[nH]c4c(N)ncnc34)[C@]2(C)O1. The Hall–Kier alpha value is -4.08. The van der Waals surface area contributed by atoms with Gasteiger partial charge in [0, 0.05) is 11.8 Å². The quantitative estimate of drug-likeness (QED) is 0.238. The van der Waals surface area contributed by atoms with Gasteiger partial charge in [0.05, 0.1) is 12.1 Å². The van der Waals surface area contributed by atoms with Crippen LogP contribution in [0.25, 0.3) is 11.0 Å². The van der Waals surface area contributed by atoms with Crippen LogP contribution in [0.1, 0.15) is 49.1 Å². The zero-order valence-electron chi connectivity index (χ0n) is 23.9. The van der Waals surface area contributed by atoms with Crippen molar-refractivity contribution < 1.29 is 18.9 Å². The van der Waals surface area contributed by atoms with Gasteiger partial charge in [0.1, 0.15) is 41.4 Å². The van der Waals surface area contributed by atoms with Crippen LogP contribution in [0.4, 0.5) is 5.82 Å². The Morgan fingerprint density at radius 3 is 2.00 bits per heavy atom. The average molecular weight is 563 g/mol. The Morgan fingerprint density at radius 1 is 0.857 bits per heavy atom. The minimum absolute atomic E-state index is 0.244. The average Bonchev–Trinajstić information content (AvgIpc) is 3.62. The lowest BCUT2D eigenvalue weighted by atomic mass is 9.80. The summed E-state index contributed by atoms with van der Waals surface area (Å²) in [6.07, 6.45) is 2.01. The number of nitrogen functional groups attached to an aromatic ring is 1. The van der Waals surface area contributed by atoms with E-state index in [2.05, 4.69) is 51.4 Å².